The van der Waals surface area contributed by atoms with Crippen LogP contribution in [0.1, 0.15) is 36.9 Å². The molecule has 90 valence electrons. The molecule has 0 atom stereocenters. The predicted octanol–water partition coefficient (Wildman–Crippen LogP) is 3.70. The van der Waals surface area contributed by atoms with Gasteiger partial charge in [-0.15, -0.1) is 0 Å². The lowest BCUT2D eigenvalue weighted by molar-refractivity contribution is 0.00382. The average Bonchev–Trinajstić information content (AvgIpc) is 2.57. The zero-order valence-corrected chi connectivity index (χ0v) is 10.5. The molecule has 0 radical (unpaired) electrons. The Morgan fingerprint density at radius 2 is 1.94 bits per heavy atom. The van der Waals surface area contributed by atoms with Gasteiger partial charge in [0.2, 0.25) is 5.76 Å². The molecule has 17 heavy (non-hydrogen) atoms. The number of ether oxygens (including phenoxy) is 1. The topological polar surface area (TPSA) is 39.4 Å². The third-order valence-corrected chi connectivity index (χ3v) is 2.27. The molecular formula is C14H16O3. The van der Waals surface area contributed by atoms with Gasteiger partial charge in [-0.2, -0.15) is 0 Å². The fourth-order valence-corrected chi connectivity index (χ4v) is 1.59. The Morgan fingerprint density at radius 1 is 1.24 bits per heavy atom. The first kappa shape index (κ1) is 11.7. The molecule has 0 saturated heterocycles. The van der Waals surface area contributed by atoms with Crippen molar-refractivity contribution in [3.05, 3.63) is 35.6 Å². The van der Waals surface area contributed by atoms with E-state index in [0.717, 1.165) is 10.9 Å². The van der Waals surface area contributed by atoms with Gasteiger partial charge in [-0.25, -0.2) is 4.79 Å². The van der Waals surface area contributed by atoms with Gasteiger partial charge in [0.1, 0.15) is 11.2 Å². The molecule has 0 bridgehead atoms. The Kier molecular flexibility index (Phi) is 2.69. The highest BCUT2D eigenvalue weighted by atomic mass is 16.6. The van der Waals surface area contributed by atoms with E-state index in [2.05, 4.69) is 0 Å². The summed E-state index contributed by atoms with van der Waals surface area (Å²) in [4.78, 5) is 11.8. The SMILES string of the molecule is Cc1ccc2oc(C(=O)OC(C)(C)C)cc2c1. The van der Waals surface area contributed by atoms with Gasteiger partial charge in [0.25, 0.3) is 0 Å². The van der Waals surface area contributed by atoms with E-state index in [-0.39, 0.29) is 5.76 Å². The first-order chi connectivity index (χ1) is 7.85. The van der Waals surface area contributed by atoms with Crippen LogP contribution in [0.4, 0.5) is 0 Å². The maximum absolute atomic E-state index is 11.8. The lowest BCUT2D eigenvalue weighted by Gasteiger charge is -2.18. The fraction of sp³-hybridized carbons (Fsp3) is 0.357. The number of aryl methyl sites for hydroxylation is 1. The van der Waals surface area contributed by atoms with Crippen LogP contribution in [0, 0.1) is 6.92 Å². The van der Waals surface area contributed by atoms with Crippen LogP contribution in [0.5, 0.6) is 0 Å². The Bertz CT molecular complexity index is 558. The molecule has 0 aliphatic carbocycles. The number of rotatable bonds is 1. The number of carbonyl (C=O) groups is 1. The van der Waals surface area contributed by atoms with Crippen LogP contribution < -0.4 is 0 Å². The van der Waals surface area contributed by atoms with E-state index in [1.54, 1.807) is 6.07 Å². The minimum atomic E-state index is -0.508. The maximum atomic E-state index is 11.8. The summed E-state index contributed by atoms with van der Waals surface area (Å²) in [6, 6.07) is 7.51. The highest BCUT2D eigenvalue weighted by molar-refractivity contribution is 5.92. The van der Waals surface area contributed by atoms with Gasteiger partial charge >= 0.3 is 5.97 Å². The Hall–Kier alpha value is -1.77. The van der Waals surface area contributed by atoms with E-state index in [1.807, 2.05) is 45.9 Å². The number of furan rings is 1. The van der Waals surface area contributed by atoms with Crippen LogP contribution in [0.15, 0.2) is 28.7 Å². The number of carbonyl (C=O) groups excluding carboxylic acids is 1. The van der Waals surface area contributed by atoms with Crippen molar-refractivity contribution in [2.24, 2.45) is 0 Å². The maximum Gasteiger partial charge on any atom is 0.374 e. The largest absolute Gasteiger partial charge is 0.454 e. The molecule has 0 N–H and O–H groups in total. The molecule has 0 fully saturated rings. The molecule has 0 amide bonds. The smallest absolute Gasteiger partial charge is 0.374 e. The molecule has 0 aliphatic heterocycles. The highest BCUT2D eigenvalue weighted by Crippen LogP contribution is 2.22. The number of fused-ring (bicyclic) bond motifs is 1. The van der Waals surface area contributed by atoms with E-state index in [4.69, 9.17) is 9.15 Å². The van der Waals surface area contributed by atoms with E-state index >= 15 is 0 Å². The summed E-state index contributed by atoms with van der Waals surface area (Å²) in [5, 5.41) is 0.922. The van der Waals surface area contributed by atoms with E-state index in [0.29, 0.717) is 5.58 Å². The van der Waals surface area contributed by atoms with Crippen LogP contribution >= 0.6 is 0 Å². The molecule has 1 aromatic carbocycles. The van der Waals surface area contributed by atoms with Crippen molar-refractivity contribution in [2.75, 3.05) is 0 Å². The monoisotopic (exact) mass is 232 g/mol. The number of hydrogen-bond donors (Lipinski definition) is 0. The normalized spacial score (nSPS) is 11.8. The Balaban J connectivity index is 2.33. The van der Waals surface area contributed by atoms with Gasteiger partial charge in [0.15, 0.2) is 0 Å². The minimum absolute atomic E-state index is 0.250. The standard InChI is InChI=1S/C14H16O3/c1-9-5-6-11-10(7-9)8-12(16-11)13(15)17-14(2,3)4/h5-8H,1-4H3. The minimum Gasteiger partial charge on any atom is -0.454 e. The molecule has 0 saturated carbocycles. The molecule has 3 nitrogen and oxygen atoms in total. The van der Waals surface area contributed by atoms with Crippen molar-refractivity contribution in [3.8, 4) is 0 Å². The Morgan fingerprint density at radius 3 is 2.59 bits per heavy atom. The molecule has 0 spiro atoms. The summed E-state index contributed by atoms with van der Waals surface area (Å²) in [7, 11) is 0. The van der Waals surface area contributed by atoms with Crippen LogP contribution in [0.2, 0.25) is 0 Å². The third kappa shape index (κ3) is 2.67. The third-order valence-electron chi connectivity index (χ3n) is 2.27. The molecule has 3 heteroatoms. The average molecular weight is 232 g/mol. The van der Waals surface area contributed by atoms with E-state index < -0.39 is 11.6 Å². The summed E-state index contributed by atoms with van der Waals surface area (Å²) < 4.78 is 10.7. The van der Waals surface area contributed by atoms with Crippen molar-refractivity contribution in [1.82, 2.24) is 0 Å². The second kappa shape index (κ2) is 3.91. The Labute approximate surface area is 100 Å². The van der Waals surface area contributed by atoms with Crippen molar-refractivity contribution in [3.63, 3.8) is 0 Å². The van der Waals surface area contributed by atoms with E-state index in [9.17, 15) is 4.79 Å². The number of hydrogen-bond acceptors (Lipinski definition) is 3. The summed E-state index contributed by atoms with van der Waals surface area (Å²) in [6.07, 6.45) is 0. The molecule has 2 aromatic rings. The van der Waals surface area contributed by atoms with Crippen molar-refractivity contribution >= 4 is 16.9 Å². The van der Waals surface area contributed by atoms with Gasteiger partial charge in [-0.05, 0) is 45.9 Å². The molecule has 0 aliphatic rings. The van der Waals surface area contributed by atoms with Crippen molar-refractivity contribution in [2.45, 2.75) is 33.3 Å². The zero-order valence-electron chi connectivity index (χ0n) is 10.5. The molecule has 0 unspecified atom stereocenters. The second-order valence-electron chi connectivity index (χ2n) is 5.15. The lowest BCUT2D eigenvalue weighted by Crippen LogP contribution is -2.23. The number of esters is 1. The first-order valence-electron chi connectivity index (χ1n) is 5.59. The van der Waals surface area contributed by atoms with Gasteiger partial charge < -0.3 is 9.15 Å². The van der Waals surface area contributed by atoms with Crippen LogP contribution in [0.25, 0.3) is 11.0 Å². The number of benzene rings is 1. The second-order valence-corrected chi connectivity index (χ2v) is 5.15. The molecule has 1 aromatic heterocycles. The van der Waals surface area contributed by atoms with Crippen LogP contribution in [-0.2, 0) is 4.74 Å². The molecule has 2 rings (SSSR count). The van der Waals surface area contributed by atoms with Gasteiger partial charge in [-0.1, -0.05) is 11.6 Å². The summed E-state index contributed by atoms with van der Waals surface area (Å²) in [6.45, 7) is 7.49. The predicted molar refractivity (Wildman–Crippen MR) is 66.1 cm³/mol. The van der Waals surface area contributed by atoms with Crippen molar-refractivity contribution < 1.29 is 13.9 Å². The highest BCUT2D eigenvalue weighted by Gasteiger charge is 2.20. The van der Waals surface area contributed by atoms with Gasteiger partial charge in [0.05, 0.1) is 0 Å². The quantitative estimate of drug-likeness (QED) is 0.704. The van der Waals surface area contributed by atoms with Gasteiger partial charge in [-0.3, -0.25) is 0 Å². The summed E-state index contributed by atoms with van der Waals surface area (Å²) >= 11 is 0. The van der Waals surface area contributed by atoms with Crippen LogP contribution in [-0.4, -0.2) is 11.6 Å². The summed E-state index contributed by atoms with van der Waals surface area (Å²) in [5.41, 5.74) is 1.33. The first-order valence-corrected chi connectivity index (χ1v) is 5.59. The molecular weight excluding hydrogens is 216 g/mol. The summed E-state index contributed by atoms with van der Waals surface area (Å²) in [5.74, 6) is -0.174. The van der Waals surface area contributed by atoms with Crippen LogP contribution in [0.3, 0.4) is 0 Å². The van der Waals surface area contributed by atoms with E-state index in [1.165, 1.54) is 0 Å². The lowest BCUT2D eigenvalue weighted by atomic mass is 10.2. The fourth-order valence-electron chi connectivity index (χ4n) is 1.59. The van der Waals surface area contributed by atoms with Crippen molar-refractivity contribution in [1.29, 1.82) is 0 Å². The molecule has 1 heterocycles. The zero-order chi connectivity index (χ0) is 12.6. The van der Waals surface area contributed by atoms with Gasteiger partial charge in [0, 0.05) is 5.39 Å².